The normalized spacial score (nSPS) is 10.2. The molecule has 0 aliphatic carbocycles. The number of thiocarbonyl (C=S) groups is 1. The van der Waals surface area contributed by atoms with Crippen LogP contribution in [0.3, 0.4) is 0 Å². The Hall–Kier alpha value is -1.92. The van der Waals surface area contributed by atoms with Crippen molar-refractivity contribution in [3.8, 4) is 6.01 Å². The Kier molecular flexibility index (Phi) is 4.36. The Labute approximate surface area is 127 Å². The fraction of sp³-hybridized carbons (Fsp3) is 0.154. The third-order valence-corrected chi connectivity index (χ3v) is 3.22. The van der Waals surface area contributed by atoms with Crippen molar-refractivity contribution >= 4 is 40.3 Å². The number of halogens is 1. The van der Waals surface area contributed by atoms with Gasteiger partial charge in [-0.1, -0.05) is 36.0 Å². The maximum atomic E-state index is 6.13. The third-order valence-electron chi connectivity index (χ3n) is 2.72. The van der Waals surface area contributed by atoms with E-state index in [1.807, 2.05) is 36.2 Å². The standard InChI is InChI=1S/C13H13ClN4OS/c1-18(9-5-3-4-8(6-9)11(15)20)12-10(14)7-16-13(17-12)19-2/h3-7H,1-2H3,(H2,15,20). The van der Waals surface area contributed by atoms with Crippen LogP contribution in [0.1, 0.15) is 5.56 Å². The molecule has 1 aromatic carbocycles. The molecule has 0 spiro atoms. The fourth-order valence-electron chi connectivity index (χ4n) is 1.67. The zero-order valence-electron chi connectivity index (χ0n) is 11.0. The summed E-state index contributed by atoms with van der Waals surface area (Å²) in [7, 11) is 3.34. The van der Waals surface area contributed by atoms with Crippen LogP contribution in [0.5, 0.6) is 6.01 Å². The maximum absolute atomic E-state index is 6.13. The first-order valence-corrected chi connectivity index (χ1v) is 6.51. The van der Waals surface area contributed by atoms with Crippen LogP contribution in [0, 0.1) is 0 Å². The van der Waals surface area contributed by atoms with E-state index >= 15 is 0 Å². The van der Waals surface area contributed by atoms with Gasteiger partial charge >= 0.3 is 6.01 Å². The van der Waals surface area contributed by atoms with E-state index in [1.54, 1.807) is 0 Å². The highest BCUT2D eigenvalue weighted by molar-refractivity contribution is 7.80. The van der Waals surface area contributed by atoms with E-state index < -0.39 is 0 Å². The second-order valence-electron chi connectivity index (χ2n) is 4.00. The van der Waals surface area contributed by atoms with Crippen LogP contribution < -0.4 is 15.4 Å². The quantitative estimate of drug-likeness (QED) is 0.876. The third kappa shape index (κ3) is 2.97. The molecule has 0 bridgehead atoms. The number of hydrogen-bond donors (Lipinski definition) is 1. The Morgan fingerprint density at radius 1 is 1.45 bits per heavy atom. The van der Waals surface area contributed by atoms with Gasteiger partial charge in [-0.15, -0.1) is 0 Å². The Balaban J connectivity index is 2.42. The molecule has 20 heavy (non-hydrogen) atoms. The molecule has 0 aliphatic heterocycles. The molecular weight excluding hydrogens is 296 g/mol. The largest absolute Gasteiger partial charge is 0.467 e. The molecular formula is C13H13ClN4OS. The second kappa shape index (κ2) is 6.02. The van der Waals surface area contributed by atoms with Gasteiger partial charge < -0.3 is 15.4 Å². The molecule has 0 unspecified atom stereocenters. The van der Waals surface area contributed by atoms with Crippen molar-refractivity contribution in [2.45, 2.75) is 0 Å². The highest BCUT2D eigenvalue weighted by Crippen LogP contribution is 2.29. The van der Waals surface area contributed by atoms with E-state index in [0.29, 0.717) is 15.8 Å². The van der Waals surface area contributed by atoms with E-state index in [9.17, 15) is 0 Å². The minimum absolute atomic E-state index is 0.252. The molecule has 0 fully saturated rings. The van der Waals surface area contributed by atoms with Crippen LogP contribution in [0.15, 0.2) is 30.5 Å². The topological polar surface area (TPSA) is 64.3 Å². The molecule has 0 saturated heterocycles. The summed E-state index contributed by atoms with van der Waals surface area (Å²) >= 11 is 11.1. The number of anilines is 2. The summed E-state index contributed by atoms with van der Waals surface area (Å²) in [6.07, 6.45) is 1.50. The van der Waals surface area contributed by atoms with Gasteiger partial charge in [-0.25, -0.2) is 4.98 Å². The zero-order valence-corrected chi connectivity index (χ0v) is 12.6. The Morgan fingerprint density at radius 3 is 2.85 bits per heavy atom. The van der Waals surface area contributed by atoms with Gasteiger partial charge in [0.2, 0.25) is 0 Å². The van der Waals surface area contributed by atoms with Crippen LogP contribution in [-0.2, 0) is 0 Å². The summed E-state index contributed by atoms with van der Waals surface area (Å²) in [4.78, 5) is 10.3. The van der Waals surface area contributed by atoms with Gasteiger partial charge in [-0.3, -0.25) is 0 Å². The van der Waals surface area contributed by atoms with Gasteiger partial charge in [0.25, 0.3) is 0 Å². The molecule has 104 valence electrons. The molecule has 2 N–H and O–H groups in total. The summed E-state index contributed by atoms with van der Waals surface area (Å²) in [5, 5.41) is 0.425. The average molecular weight is 309 g/mol. The van der Waals surface area contributed by atoms with Crippen LogP contribution in [-0.4, -0.2) is 29.1 Å². The van der Waals surface area contributed by atoms with Gasteiger partial charge in [0.05, 0.1) is 13.3 Å². The molecule has 0 aliphatic rings. The first-order valence-electron chi connectivity index (χ1n) is 5.73. The number of aromatic nitrogens is 2. The van der Waals surface area contributed by atoms with Gasteiger partial charge in [-0.2, -0.15) is 4.98 Å². The summed E-state index contributed by atoms with van der Waals surface area (Å²) in [6.45, 7) is 0. The molecule has 5 nitrogen and oxygen atoms in total. The van der Waals surface area contributed by atoms with E-state index in [2.05, 4.69) is 9.97 Å². The van der Waals surface area contributed by atoms with Crippen LogP contribution in [0.2, 0.25) is 5.02 Å². The summed E-state index contributed by atoms with van der Waals surface area (Å²) < 4.78 is 5.01. The monoisotopic (exact) mass is 308 g/mol. The number of nitrogens with zero attached hydrogens (tertiary/aromatic N) is 3. The van der Waals surface area contributed by atoms with Gasteiger partial charge in [0.15, 0.2) is 5.82 Å². The lowest BCUT2D eigenvalue weighted by Crippen LogP contribution is -2.15. The Morgan fingerprint density at radius 2 is 2.20 bits per heavy atom. The highest BCUT2D eigenvalue weighted by Gasteiger charge is 2.13. The summed E-state index contributed by atoms with van der Waals surface area (Å²) in [5.41, 5.74) is 7.28. The smallest absolute Gasteiger partial charge is 0.318 e. The number of rotatable bonds is 4. The minimum atomic E-state index is 0.252. The highest BCUT2D eigenvalue weighted by atomic mass is 35.5. The number of methoxy groups -OCH3 is 1. The van der Waals surface area contributed by atoms with E-state index in [4.69, 9.17) is 34.3 Å². The molecule has 0 amide bonds. The minimum Gasteiger partial charge on any atom is -0.467 e. The molecule has 2 aromatic rings. The van der Waals surface area contributed by atoms with Gasteiger partial charge in [0.1, 0.15) is 10.0 Å². The molecule has 0 atom stereocenters. The first kappa shape index (κ1) is 14.5. The lowest BCUT2D eigenvalue weighted by atomic mass is 10.2. The Bertz CT molecular complexity index is 650. The average Bonchev–Trinajstić information content (AvgIpc) is 2.47. The van der Waals surface area contributed by atoms with Crippen molar-refractivity contribution in [1.29, 1.82) is 0 Å². The van der Waals surface area contributed by atoms with E-state index in [-0.39, 0.29) is 6.01 Å². The van der Waals surface area contributed by atoms with Gasteiger partial charge in [-0.05, 0) is 12.1 Å². The van der Waals surface area contributed by atoms with Crippen molar-refractivity contribution in [2.24, 2.45) is 5.73 Å². The van der Waals surface area contributed by atoms with Crippen molar-refractivity contribution in [2.75, 3.05) is 19.1 Å². The van der Waals surface area contributed by atoms with Crippen molar-refractivity contribution in [1.82, 2.24) is 9.97 Å². The van der Waals surface area contributed by atoms with Crippen LogP contribution in [0.4, 0.5) is 11.5 Å². The molecule has 1 heterocycles. The summed E-state index contributed by atoms with van der Waals surface area (Å²) in [5.74, 6) is 0.540. The maximum Gasteiger partial charge on any atom is 0.318 e. The number of ether oxygens (including phenoxy) is 1. The second-order valence-corrected chi connectivity index (χ2v) is 4.85. The predicted octanol–water partition coefficient (Wildman–Crippen LogP) is 2.54. The zero-order chi connectivity index (χ0) is 14.7. The van der Waals surface area contributed by atoms with E-state index in [0.717, 1.165) is 11.3 Å². The predicted molar refractivity (Wildman–Crippen MR) is 84.0 cm³/mol. The fourth-order valence-corrected chi connectivity index (χ4v) is 2.01. The number of nitrogens with two attached hydrogens (primary N) is 1. The molecule has 0 radical (unpaired) electrons. The van der Waals surface area contributed by atoms with Crippen LogP contribution in [0.25, 0.3) is 0 Å². The van der Waals surface area contributed by atoms with Crippen LogP contribution >= 0.6 is 23.8 Å². The lowest BCUT2D eigenvalue weighted by molar-refractivity contribution is 0.380. The number of hydrogen-bond acceptors (Lipinski definition) is 5. The van der Waals surface area contributed by atoms with E-state index in [1.165, 1.54) is 13.3 Å². The summed E-state index contributed by atoms with van der Waals surface area (Å²) in [6, 6.07) is 7.75. The molecule has 7 heteroatoms. The van der Waals surface area contributed by atoms with Crippen molar-refractivity contribution in [3.63, 3.8) is 0 Å². The van der Waals surface area contributed by atoms with Crippen molar-refractivity contribution < 1.29 is 4.74 Å². The lowest BCUT2D eigenvalue weighted by Gasteiger charge is -2.20. The molecule has 1 aromatic heterocycles. The molecule has 2 rings (SSSR count). The van der Waals surface area contributed by atoms with Gasteiger partial charge in [0, 0.05) is 18.3 Å². The SMILES string of the molecule is COc1ncc(Cl)c(N(C)c2cccc(C(N)=S)c2)n1. The first-order chi connectivity index (χ1) is 9.52. The molecule has 0 saturated carbocycles. The number of benzene rings is 1. The van der Waals surface area contributed by atoms with Crippen molar-refractivity contribution in [3.05, 3.63) is 41.0 Å².